The summed E-state index contributed by atoms with van der Waals surface area (Å²) in [5, 5.41) is 9.13. The third kappa shape index (κ3) is 5.06. The van der Waals surface area contributed by atoms with Crippen LogP contribution in [0.15, 0.2) is 65.3 Å². The van der Waals surface area contributed by atoms with Crippen LogP contribution in [-0.4, -0.2) is 33.2 Å². The molecule has 0 saturated carbocycles. The van der Waals surface area contributed by atoms with Gasteiger partial charge in [0, 0.05) is 31.7 Å². The molecule has 0 aliphatic rings. The number of hydrogen-bond acceptors (Lipinski definition) is 6. The molecule has 11 heteroatoms. The first-order chi connectivity index (χ1) is 15.4. The van der Waals surface area contributed by atoms with Gasteiger partial charge in [0.1, 0.15) is 5.82 Å². The number of pyridine rings is 2. The van der Waals surface area contributed by atoms with Crippen LogP contribution in [0.4, 0.5) is 20.3 Å². The highest BCUT2D eigenvalue weighted by atomic mass is 19.2. The number of anilines is 2. The molecule has 1 amide bonds. The summed E-state index contributed by atoms with van der Waals surface area (Å²) >= 11 is 0. The third-order valence-corrected chi connectivity index (χ3v) is 4.57. The van der Waals surface area contributed by atoms with Gasteiger partial charge < -0.3 is 16.0 Å². The molecule has 4 N–H and O–H groups in total. The molecule has 0 saturated heterocycles. The second-order valence-electron chi connectivity index (χ2n) is 6.61. The van der Waals surface area contributed by atoms with Crippen LogP contribution in [0.1, 0.15) is 28.4 Å². The minimum atomic E-state index is -1.14. The summed E-state index contributed by atoms with van der Waals surface area (Å²) < 4.78 is 27.7. The Balaban J connectivity index is 1.93. The molecular weight excluding hydrogens is 418 g/mol. The van der Waals surface area contributed by atoms with E-state index in [1.165, 1.54) is 24.4 Å². The molecular formula is C21H20F2N8O. The number of hydrogen-bond donors (Lipinski definition) is 3. The van der Waals surface area contributed by atoms with E-state index in [0.29, 0.717) is 13.1 Å². The molecule has 0 fully saturated rings. The topological polar surface area (TPSA) is 133 Å². The predicted octanol–water partition coefficient (Wildman–Crippen LogP) is 3.80. The van der Waals surface area contributed by atoms with E-state index >= 15 is 0 Å². The van der Waals surface area contributed by atoms with Crippen molar-refractivity contribution in [2.24, 2.45) is 10.3 Å². The minimum absolute atomic E-state index is 0.0366. The zero-order valence-electron chi connectivity index (χ0n) is 17.1. The molecule has 0 atom stereocenters. The number of amides is 1. The highest BCUT2D eigenvalue weighted by Gasteiger charge is 2.20. The molecule has 32 heavy (non-hydrogen) atoms. The first kappa shape index (κ1) is 22.4. The van der Waals surface area contributed by atoms with Gasteiger partial charge in [-0.1, -0.05) is 11.3 Å². The summed E-state index contributed by atoms with van der Waals surface area (Å²) in [6, 6.07) is 8.57. The maximum Gasteiger partial charge on any atom is 0.255 e. The van der Waals surface area contributed by atoms with Crippen LogP contribution in [0.3, 0.4) is 0 Å². The lowest BCUT2D eigenvalue weighted by atomic mass is 10.1. The predicted molar refractivity (Wildman–Crippen MR) is 115 cm³/mol. The van der Waals surface area contributed by atoms with Crippen molar-refractivity contribution in [1.82, 2.24) is 14.9 Å². The lowest BCUT2D eigenvalue weighted by Gasteiger charge is -2.21. The second-order valence-corrected chi connectivity index (χ2v) is 6.61. The van der Waals surface area contributed by atoms with E-state index in [1.54, 1.807) is 29.4 Å². The van der Waals surface area contributed by atoms with Crippen LogP contribution in [0.5, 0.6) is 0 Å². The van der Waals surface area contributed by atoms with Crippen LogP contribution >= 0.6 is 0 Å². The Morgan fingerprint density at radius 3 is 2.69 bits per heavy atom. The normalized spacial score (nSPS) is 11.2. The van der Waals surface area contributed by atoms with E-state index in [1.807, 2.05) is 6.92 Å². The van der Waals surface area contributed by atoms with Crippen LogP contribution in [-0.2, 0) is 6.54 Å². The van der Waals surface area contributed by atoms with E-state index < -0.39 is 11.6 Å². The maximum atomic E-state index is 14.1. The molecule has 0 aliphatic carbocycles. The van der Waals surface area contributed by atoms with Crippen molar-refractivity contribution in [1.29, 1.82) is 5.53 Å². The number of aromatic nitrogens is 2. The van der Waals surface area contributed by atoms with Crippen LogP contribution in [0.25, 0.3) is 0 Å². The van der Waals surface area contributed by atoms with Gasteiger partial charge in [0.15, 0.2) is 17.5 Å². The van der Waals surface area contributed by atoms with E-state index in [-0.39, 0.29) is 34.4 Å². The van der Waals surface area contributed by atoms with Crippen molar-refractivity contribution in [3.8, 4) is 0 Å². The molecule has 164 valence electrons. The molecule has 0 spiro atoms. The first-order valence-electron chi connectivity index (χ1n) is 9.54. The minimum Gasteiger partial charge on any atom is -0.383 e. The number of halogens is 2. The van der Waals surface area contributed by atoms with Crippen molar-refractivity contribution in [3.63, 3.8) is 0 Å². The molecule has 1 aromatic carbocycles. The lowest BCUT2D eigenvalue weighted by molar-refractivity contribution is 0.0752. The zero-order chi connectivity index (χ0) is 23.1. The van der Waals surface area contributed by atoms with Crippen molar-refractivity contribution in [3.05, 3.63) is 83.3 Å². The maximum absolute atomic E-state index is 14.1. The summed E-state index contributed by atoms with van der Waals surface area (Å²) in [5.74, 6) is -2.73. The van der Waals surface area contributed by atoms with Crippen molar-refractivity contribution >= 4 is 23.2 Å². The van der Waals surface area contributed by atoms with Gasteiger partial charge in [-0.05, 0) is 42.8 Å². The number of nitrogens with two attached hydrogens (primary N) is 1. The number of nitrogens with zero attached hydrogens (tertiary/aromatic N) is 5. The van der Waals surface area contributed by atoms with Gasteiger partial charge in [-0.15, -0.1) is 5.10 Å². The van der Waals surface area contributed by atoms with Crippen LogP contribution in [0.2, 0.25) is 0 Å². The molecule has 0 bridgehead atoms. The summed E-state index contributed by atoms with van der Waals surface area (Å²) in [5.41, 5.74) is 14.0. The number of nitrogens with one attached hydrogen (secondary N) is 2. The molecule has 3 aromatic rings. The van der Waals surface area contributed by atoms with Gasteiger partial charge in [-0.2, -0.15) is 5.53 Å². The highest BCUT2D eigenvalue weighted by Crippen LogP contribution is 2.21. The zero-order valence-corrected chi connectivity index (χ0v) is 17.1. The van der Waals surface area contributed by atoms with E-state index in [0.717, 1.165) is 11.6 Å². The van der Waals surface area contributed by atoms with E-state index in [2.05, 4.69) is 25.6 Å². The molecule has 2 aromatic heterocycles. The summed E-state index contributed by atoms with van der Waals surface area (Å²) in [4.78, 5) is 22.7. The van der Waals surface area contributed by atoms with Crippen molar-refractivity contribution < 1.29 is 13.6 Å². The molecule has 2 heterocycles. The number of amidine groups is 1. The Morgan fingerprint density at radius 1 is 1.25 bits per heavy atom. The molecule has 0 radical (unpaired) electrons. The smallest absolute Gasteiger partial charge is 0.255 e. The number of benzene rings is 1. The second kappa shape index (κ2) is 10.2. The molecule has 9 nitrogen and oxygen atoms in total. The Labute approximate surface area is 182 Å². The average Bonchev–Trinajstić information content (AvgIpc) is 2.80. The van der Waals surface area contributed by atoms with Crippen molar-refractivity contribution in [2.75, 3.05) is 17.6 Å². The highest BCUT2D eigenvalue weighted by molar-refractivity contribution is 6.12. The lowest BCUT2D eigenvalue weighted by Crippen LogP contribution is -2.31. The fourth-order valence-electron chi connectivity index (χ4n) is 2.92. The Morgan fingerprint density at radius 2 is 2.00 bits per heavy atom. The number of rotatable bonds is 7. The first-order valence-corrected chi connectivity index (χ1v) is 9.54. The quantitative estimate of drug-likeness (QED) is 0.223. The molecule has 0 unspecified atom stereocenters. The van der Waals surface area contributed by atoms with Gasteiger partial charge in [0.05, 0.1) is 16.8 Å². The largest absolute Gasteiger partial charge is 0.383 e. The van der Waals surface area contributed by atoms with E-state index in [9.17, 15) is 13.6 Å². The fraction of sp³-hybridized carbons (Fsp3) is 0.143. The van der Waals surface area contributed by atoms with Crippen LogP contribution < -0.4 is 11.1 Å². The van der Waals surface area contributed by atoms with Gasteiger partial charge in [-0.3, -0.25) is 9.78 Å². The molecule has 0 aliphatic heterocycles. The fourth-order valence-corrected chi connectivity index (χ4v) is 2.92. The van der Waals surface area contributed by atoms with Crippen LogP contribution in [0, 0.1) is 17.2 Å². The van der Waals surface area contributed by atoms with Crippen molar-refractivity contribution in [2.45, 2.75) is 13.5 Å². The van der Waals surface area contributed by atoms with Gasteiger partial charge >= 0.3 is 0 Å². The van der Waals surface area contributed by atoms with Gasteiger partial charge in [0.25, 0.3) is 5.91 Å². The SMILES string of the molecule is CCN(Cc1ccncc1)C(=O)c1cnc(N)c(/C(=N/N=N)Nc2cccc(F)c2F)c1. The van der Waals surface area contributed by atoms with Gasteiger partial charge in [0.2, 0.25) is 0 Å². The number of nitrogen functional groups attached to an aromatic ring is 1. The monoisotopic (exact) mass is 438 g/mol. The summed E-state index contributed by atoms with van der Waals surface area (Å²) in [6.07, 6.45) is 4.59. The Kier molecular flexibility index (Phi) is 7.11. The Bertz CT molecular complexity index is 1150. The standard InChI is InChI=1S/C21H20F2N8O/c1-2-31(12-13-6-8-26-9-7-13)21(32)14-10-15(19(24)27-11-14)20(29-30-25)28-17-5-3-4-16(22)18(17)23/h3-11H,2,12H2,1H3,(H2,24,27)(H2,25,28,29). The Hall–Kier alpha value is -4.28. The van der Waals surface area contributed by atoms with E-state index in [4.69, 9.17) is 11.3 Å². The number of carbonyl (C=O) groups is 1. The summed E-state index contributed by atoms with van der Waals surface area (Å²) in [7, 11) is 0. The summed E-state index contributed by atoms with van der Waals surface area (Å²) in [6.45, 7) is 2.62. The number of carbonyl (C=O) groups excluding carboxylic acids is 1. The molecule has 3 rings (SSSR count). The average molecular weight is 438 g/mol. The third-order valence-electron chi connectivity index (χ3n) is 4.57. The van der Waals surface area contributed by atoms with Gasteiger partial charge in [-0.25, -0.2) is 13.8 Å².